The Morgan fingerprint density at radius 2 is 1.53 bits per heavy atom. The molecule has 170 valence electrons. The molecule has 2 heterocycles. The molecule has 0 aromatic heterocycles. The Balaban J connectivity index is 1.34. The van der Waals surface area contributed by atoms with Gasteiger partial charge in [0.15, 0.2) is 0 Å². The molecule has 1 N–H and O–H groups in total. The van der Waals surface area contributed by atoms with E-state index in [1.807, 2.05) is 61.2 Å². The van der Waals surface area contributed by atoms with Gasteiger partial charge in [-0.05, 0) is 88.4 Å². The van der Waals surface area contributed by atoms with Crippen LogP contribution in [0.25, 0.3) is 0 Å². The fraction of sp³-hybridized carbons (Fsp3) is 0.481. The van der Waals surface area contributed by atoms with Crippen LogP contribution in [0.15, 0.2) is 46.9 Å². The molecule has 2 aromatic carbocycles. The van der Waals surface area contributed by atoms with Gasteiger partial charge >= 0.3 is 0 Å². The molecule has 0 saturated carbocycles. The van der Waals surface area contributed by atoms with Crippen LogP contribution in [0.3, 0.4) is 0 Å². The van der Waals surface area contributed by atoms with E-state index >= 15 is 0 Å². The van der Waals surface area contributed by atoms with Crippen LogP contribution in [0, 0.1) is 25.2 Å². The van der Waals surface area contributed by atoms with Crippen molar-refractivity contribution >= 4 is 27.5 Å². The van der Waals surface area contributed by atoms with Crippen LogP contribution in [0.1, 0.15) is 59.7 Å². The van der Waals surface area contributed by atoms with Gasteiger partial charge in [0.1, 0.15) is 0 Å². The molecule has 2 aromatic rings. The van der Waals surface area contributed by atoms with Gasteiger partial charge in [-0.25, -0.2) is 0 Å². The fourth-order valence-corrected chi connectivity index (χ4v) is 5.66. The molecule has 2 saturated heterocycles. The van der Waals surface area contributed by atoms with Crippen molar-refractivity contribution in [1.82, 2.24) is 9.80 Å². The number of halogens is 1. The van der Waals surface area contributed by atoms with Crippen molar-refractivity contribution < 1.29 is 4.79 Å². The van der Waals surface area contributed by atoms with Crippen LogP contribution in [0.5, 0.6) is 0 Å². The van der Waals surface area contributed by atoms with E-state index in [1.54, 1.807) is 0 Å². The van der Waals surface area contributed by atoms with Crippen LogP contribution in [0.4, 0.5) is 0 Å². The highest BCUT2D eigenvalue weighted by Gasteiger charge is 2.39. The SMILES string of the molecule is Cc1cccc(C)c1C(=O)N1CCC(C)(N2CCC(C(=N)c3ccc(Br)cc3)CC2)CC1. The molecule has 4 rings (SSSR count). The highest BCUT2D eigenvalue weighted by Crippen LogP contribution is 2.34. The first-order valence-corrected chi connectivity index (χ1v) is 12.5. The first-order valence-electron chi connectivity index (χ1n) is 11.7. The van der Waals surface area contributed by atoms with Gasteiger partial charge in [0.25, 0.3) is 5.91 Å². The molecule has 2 aliphatic heterocycles. The first kappa shape index (κ1) is 23.2. The summed E-state index contributed by atoms with van der Waals surface area (Å²) in [6.07, 6.45) is 4.10. The molecule has 32 heavy (non-hydrogen) atoms. The van der Waals surface area contributed by atoms with Crippen molar-refractivity contribution in [1.29, 1.82) is 5.41 Å². The average Bonchev–Trinajstić information content (AvgIpc) is 2.79. The third kappa shape index (κ3) is 4.69. The summed E-state index contributed by atoms with van der Waals surface area (Å²) >= 11 is 3.48. The summed E-state index contributed by atoms with van der Waals surface area (Å²) in [5.74, 6) is 0.519. The number of amides is 1. The average molecular weight is 496 g/mol. The fourth-order valence-electron chi connectivity index (χ4n) is 5.39. The van der Waals surface area contributed by atoms with Gasteiger partial charge in [-0.15, -0.1) is 0 Å². The first-order chi connectivity index (χ1) is 15.3. The van der Waals surface area contributed by atoms with Crippen molar-refractivity contribution in [2.75, 3.05) is 26.2 Å². The van der Waals surface area contributed by atoms with E-state index in [1.165, 1.54) is 0 Å². The molecule has 0 unspecified atom stereocenters. The zero-order chi connectivity index (χ0) is 22.9. The van der Waals surface area contributed by atoms with Crippen molar-refractivity contribution in [2.45, 2.75) is 52.0 Å². The van der Waals surface area contributed by atoms with E-state index < -0.39 is 0 Å². The Morgan fingerprint density at radius 3 is 2.09 bits per heavy atom. The maximum atomic E-state index is 13.2. The Labute approximate surface area is 200 Å². The number of benzene rings is 2. The van der Waals surface area contributed by atoms with Crippen LogP contribution in [0.2, 0.25) is 0 Å². The molecular formula is C27H34BrN3O. The van der Waals surface area contributed by atoms with Gasteiger partial charge in [0, 0.05) is 40.3 Å². The van der Waals surface area contributed by atoms with Crippen LogP contribution in [-0.2, 0) is 0 Å². The number of carbonyl (C=O) groups excluding carboxylic acids is 1. The molecule has 2 fully saturated rings. The van der Waals surface area contributed by atoms with Gasteiger partial charge in [0.05, 0.1) is 0 Å². The van der Waals surface area contributed by atoms with E-state index in [0.29, 0.717) is 5.92 Å². The summed E-state index contributed by atoms with van der Waals surface area (Å²) in [6, 6.07) is 14.2. The minimum absolute atomic E-state index is 0.141. The molecule has 0 bridgehead atoms. The Hall–Kier alpha value is -1.98. The zero-order valence-corrected chi connectivity index (χ0v) is 21.0. The highest BCUT2D eigenvalue weighted by molar-refractivity contribution is 9.10. The second-order valence-electron chi connectivity index (χ2n) is 9.74. The second kappa shape index (κ2) is 9.48. The minimum atomic E-state index is 0.141. The molecular weight excluding hydrogens is 462 g/mol. The van der Waals surface area contributed by atoms with Crippen LogP contribution in [-0.4, -0.2) is 53.1 Å². The van der Waals surface area contributed by atoms with Crippen molar-refractivity contribution in [3.8, 4) is 0 Å². The molecule has 5 heteroatoms. The number of carbonyl (C=O) groups is 1. The predicted molar refractivity (Wildman–Crippen MR) is 135 cm³/mol. The standard InChI is InChI=1S/C27H34BrN3O/c1-19-5-4-6-20(2)24(19)26(32)30-17-13-27(3,14-18-30)31-15-11-22(12-16-31)25(29)21-7-9-23(28)10-8-21/h4-10,22,29H,11-18H2,1-3H3. The topological polar surface area (TPSA) is 47.4 Å². The van der Waals surface area contributed by atoms with Gasteiger partial charge in [-0.3, -0.25) is 9.69 Å². The second-order valence-corrected chi connectivity index (χ2v) is 10.7. The highest BCUT2D eigenvalue weighted by atomic mass is 79.9. The van der Waals surface area contributed by atoms with E-state index in [9.17, 15) is 4.79 Å². The third-order valence-corrected chi connectivity index (χ3v) is 8.17. The van der Waals surface area contributed by atoms with Crippen molar-refractivity contribution in [2.24, 2.45) is 5.92 Å². The van der Waals surface area contributed by atoms with Gasteiger partial charge in [0.2, 0.25) is 0 Å². The summed E-state index contributed by atoms with van der Waals surface area (Å²) in [5, 5.41) is 8.67. The third-order valence-electron chi connectivity index (χ3n) is 7.64. The number of aryl methyl sites for hydroxylation is 2. The molecule has 2 aliphatic rings. The largest absolute Gasteiger partial charge is 0.338 e. The van der Waals surface area contributed by atoms with Gasteiger partial charge < -0.3 is 10.3 Å². The predicted octanol–water partition coefficient (Wildman–Crippen LogP) is 5.84. The van der Waals surface area contributed by atoms with Gasteiger partial charge in [-0.2, -0.15) is 0 Å². The zero-order valence-electron chi connectivity index (χ0n) is 19.5. The lowest BCUT2D eigenvalue weighted by molar-refractivity contribution is 0.0164. The minimum Gasteiger partial charge on any atom is -0.338 e. The monoisotopic (exact) mass is 495 g/mol. The lowest BCUT2D eigenvalue weighted by Gasteiger charge is -2.49. The number of piperidine rings is 2. The molecule has 4 nitrogen and oxygen atoms in total. The van der Waals surface area contributed by atoms with E-state index in [-0.39, 0.29) is 11.4 Å². The summed E-state index contributed by atoms with van der Waals surface area (Å²) in [6.45, 7) is 10.1. The smallest absolute Gasteiger partial charge is 0.254 e. The number of nitrogens with one attached hydrogen (secondary N) is 1. The quantitative estimate of drug-likeness (QED) is 0.541. The maximum Gasteiger partial charge on any atom is 0.254 e. The van der Waals surface area contributed by atoms with Crippen LogP contribution < -0.4 is 0 Å². The normalized spacial score (nSPS) is 19.7. The summed E-state index contributed by atoms with van der Waals surface area (Å²) in [4.78, 5) is 17.9. The van der Waals surface area contributed by atoms with Gasteiger partial charge in [-0.1, -0.05) is 46.3 Å². The number of hydrogen-bond donors (Lipinski definition) is 1. The Bertz CT molecular complexity index is 964. The molecule has 0 aliphatic carbocycles. The number of hydrogen-bond acceptors (Lipinski definition) is 3. The summed E-state index contributed by atoms with van der Waals surface area (Å²) in [7, 11) is 0. The van der Waals surface area contributed by atoms with Crippen LogP contribution >= 0.6 is 15.9 Å². The summed E-state index contributed by atoms with van der Waals surface area (Å²) in [5.41, 5.74) is 4.97. The molecule has 0 radical (unpaired) electrons. The van der Waals surface area contributed by atoms with E-state index in [0.717, 1.165) is 84.3 Å². The van der Waals surface area contributed by atoms with E-state index in [2.05, 4.69) is 27.8 Å². The molecule has 0 atom stereocenters. The number of likely N-dealkylation sites (tertiary alicyclic amines) is 2. The lowest BCUT2D eigenvalue weighted by Crippen LogP contribution is -2.56. The van der Waals surface area contributed by atoms with Crippen molar-refractivity contribution in [3.63, 3.8) is 0 Å². The lowest BCUT2D eigenvalue weighted by atomic mass is 9.82. The summed E-state index contributed by atoms with van der Waals surface area (Å²) < 4.78 is 1.05. The number of nitrogens with zero attached hydrogens (tertiary/aromatic N) is 2. The molecule has 1 amide bonds. The molecule has 0 spiro atoms. The Kier molecular flexibility index (Phi) is 6.87. The maximum absolute atomic E-state index is 13.2. The van der Waals surface area contributed by atoms with Crippen molar-refractivity contribution in [3.05, 3.63) is 69.2 Å². The number of rotatable bonds is 4. The van der Waals surface area contributed by atoms with E-state index in [4.69, 9.17) is 5.41 Å². The Morgan fingerprint density at radius 1 is 0.969 bits per heavy atom.